The van der Waals surface area contributed by atoms with E-state index in [0.29, 0.717) is 30.8 Å². The van der Waals surface area contributed by atoms with Crippen LogP contribution in [0.2, 0.25) is 0 Å². The van der Waals surface area contributed by atoms with Gasteiger partial charge in [-0.05, 0) is 43.6 Å². The quantitative estimate of drug-likeness (QED) is 0.685. The van der Waals surface area contributed by atoms with E-state index in [1.165, 1.54) is 0 Å². The third-order valence-corrected chi connectivity index (χ3v) is 7.85. The zero-order valence-electron chi connectivity index (χ0n) is 16.7. The molecule has 0 atom stereocenters. The van der Waals surface area contributed by atoms with Crippen molar-refractivity contribution >= 4 is 10.0 Å². The van der Waals surface area contributed by atoms with Crippen LogP contribution in [0, 0.1) is 5.92 Å². The van der Waals surface area contributed by atoms with E-state index in [-0.39, 0.29) is 5.75 Å². The Hall–Kier alpha value is -1.77. The summed E-state index contributed by atoms with van der Waals surface area (Å²) in [6.07, 6.45) is 5.40. The predicted molar refractivity (Wildman–Crippen MR) is 109 cm³/mol. The van der Waals surface area contributed by atoms with E-state index in [0.717, 1.165) is 63.1 Å². The van der Waals surface area contributed by atoms with Gasteiger partial charge in [0.1, 0.15) is 0 Å². The van der Waals surface area contributed by atoms with Crippen molar-refractivity contribution in [1.82, 2.24) is 14.4 Å². The lowest BCUT2D eigenvalue weighted by atomic mass is 9.93. The Kier molecular flexibility index (Phi) is 6.62. The van der Waals surface area contributed by atoms with Gasteiger partial charge in [0.2, 0.25) is 15.9 Å². The molecule has 2 aliphatic heterocycles. The van der Waals surface area contributed by atoms with Gasteiger partial charge in [0, 0.05) is 38.6 Å². The number of aromatic nitrogens is 2. The number of ether oxygens (including phenoxy) is 1. The average molecular weight is 420 g/mol. The molecule has 0 aliphatic carbocycles. The monoisotopic (exact) mass is 419 g/mol. The number of benzene rings is 1. The summed E-state index contributed by atoms with van der Waals surface area (Å²) >= 11 is 0. The van der Waals surface area contributed by atoms with Gasteiger partial charge in [0.15, 0.2) is 5.82 Å². The highest BCUT2D eigenvalue weighted by Crippen LogP contribution is 2.27. The number of hydrogen-bond acceptors (Lipinski definition) is 6. The van der Waals surface area contributed by atoms with Crippen molar-refractivity contribution in [3.05, 3.63) is 47.6 Å². The van der Waals surface area contributed by atoms with Crippen molar-refractivity contribution in [2.24, 2.45) is 5.92 Å². The second-order valence-corrected chi connectivity index (χ2v) is 10.0. The summed E-state index contributed by atoms with van der Waals surface area (Å²) < 4.78 is 37.8. The number of hydrogen-bond donors (Lipinski definition) is 0. The first-order valence-corrected chi connectivity index (χ1v) is 12.1. The van der Waals surface area contributed by atoms with Crippen LogP contribution < -0.4 is 0 Å². The minimum Gasteiger partial charge on any atom is -0.381 e. The summed E-state index contributed by atoms with van der Waals surface area (Å²) in [7, 11) is -3.25. The molecule has 0 amide bonds. The molecule has 3 heterocycles. The van der Waals surface area contributed by atoms with Crippen LogP contribution in [0.5, 0.6) is 0 Å². The standard InChI is InChI=1S/C21H29N3O4S/c25-29(26,16-18-4-2-1-3-5-18)24-12-8-17(9-13-24)6-7-20-22-21(23-28-20)19-10-14-27-15-11-19/h1-5,17,19H,6-16H2. The minimum atomic E-state index is -3.25. The number of rotatable bonds is 7. The Morgan fingerprint density at radius 3 is 2.48 bits per heavy atom. The van der Waals surface area contributed by atoms with Crippen LogP contribution in [0.25, 0.3) is 0 Å². The third-order valence-electron chi connectivity index (χ3n) is 6.00. The maximum Gasteiger partial charge on any atom is 0.226 e. The van der Waals surface area contributed by atoms with Crippen molar-refractivity contribution in [3.8, 4) is 0 Å². The van der Waals surface area contributed by atoms with Crippen LogP contribution >= 0.6 is 0 Å². The van der Waals surface area contributed by atoms with E-state index < -0.39 is 10.0 Å². The van der Waals surface area contributed by atoms with Crippen LogP contribution in [0.3, 0.4) is 0 Å². The van der Waals surface area contributed by atoms with Gasteiger partial charge in [-0.25, -0.2) is 12.7 Å². The molecule has 2 aliphatic rings. The molecule has 2 saturated heterocycles. The Labute approximate surface area is 172 Å². The maximum atomic E-state index is 12.7. The SMILES string of the molecule is O=S(=O)(Cc1ccccc1)N1CCC(CCc2nc(C3CCOCC3)no2)CC1. The van der Waals surface area contributed by atoms with Gasteiger partial charge in [-0.3, -0.25) is 0 Å². The van der Waals surface area contributed by atoms with E-state index in [1.807, 2.05) is 30.3 Å². The number of nitrogens with zero attached hydrogens (tertiary/aromatic N) is 3. The Morgan fingerprint density at radius 1 is 1.03 bits per heavy atom. The molecule has 0 spiro atoms. The molecule has 1 aromatic heterocycles. The topological polar surface area (TPSA) is 85.5 Å². The van der Waals surface area contributed by atoms with E-state index in [1.54, 1.807) is 4.31 Å². The summed E-state index contributed by atoms with van der Waals surface area (Å²) in [5, 5.41) is 4.16. The molecule has 7 nitrogen and oxygen atoms in total. The fourth-order valence-corrected chi connectivity index (χ4v) is 5.73. The second-order valence-electron chi connectivity index (χ2n) is 8.06. The first-order valence-electron chi connectivity index (χ1n) is 10.5. The highest BCUT2D eigenvalue weighted by Gasteiger charge is 2.28. The van der Waals surface area contributed by atoms with Gasteiger partial charge in [0.25, 0.3) is 0 Å². The van der Waals surface area contributed by atoms with Gasteiger partial charge in [-0.2, -0.15) is 4.98 Å². The van der Waals surface area contributed by atoms with Crippen molar-refractivity contribution in [1.29, 1.82) is 0 Å². The molecule has 0 N–H and O–H groups in total. The highest BCUT2D eigenvalue weighted by atomic mass is 32.2. The summed E-state index contributed by atoms with van der Waals surface area (Å²) in [4.78, 5) is 4.58. The molecule has 8 heteroatoms. The third kappa shape index (κ3) is 5.43. The molecule has 2 aromatic rings. The van der Waals surface area contributed by atoms with Crippen molar-refractivity contribution in [2.75, 3.05) is 26.3 Å². The zero-order chi connectivity index (χ0) is 20.1. The van der Waals surface area contributed by atoms with Gasteiger partial charge in [-0.15, -0.1) is 0 Å². The zero-order valence-corrected chi connectivity index (χ0v) is 17.5. The van der Waals surface area contributed by atoms with Gasteiger partial charge < -0.3 is 9.26 Å². The molecule has 0 bridgehead atoms. The van der Waals surface area contributed by atoms with Crippen LogP contribution in [-0.4, -0.2) is 49.2 Å². The molecule has 29 heavy (non-hydrogen) atoms. The van der Waals surface area contributed by atoms with Crippen LogP contribution in [0.15, 0.2) is 34.9 Å². The summed E-state index contributed by atoms with van der Waals surface area (Å²) in [6, 6.07) is 9.38. The second kappa shape index (κ2) is 9.36. The summed E-state index contributed by atoms with van der Waals surface area (Å²) in [6.45, 7) is 2.72. The molecule has 0 saturated carbocycles. The fraction of sp³-hybridized carbons (Fsp3) is 0.619. The summed E-state index contributed by atoms with van der Waals surface area (Å²) in [5.41, 5.74) is 0.839. The van der Waals surface area contributed by atoms with Gasteiger partial charge >= 0.3 is 0 Å². The average Bonchev–Trinajstić information content (AvgIpc) is 3.23. The van der Waals surface area contributed by atoms with E-state index in [9.17, 15) is 8.42 Å². The molecular formula is C21H29N3O4S. The van der Waals surface area contributed by atoms with Crippen LogP contribution in [-0.2, 0) is 26.9 Å². The van der Waals surface area contributed by atoms with E-state index >= 15 is 0 Å². The number of piperidine rings is 1. The van der Waals surface area contributed by atoms with Crippen molar-refractivity contribution in [3.63, 3.8) is 0 Å². The lowest BCUT2D eigenvalue weighted by Gasteiger charge is -2.31. The molecular weight excluding hydrogens is 390 g/mol. The lowest BCUT2D eigenvalue weighted by Crippen LogP contribution is -2.39. The first kappa shape index (κ1) is 20.5. The molecule has 1 aromatic carbocycles. The fourth-order valence-electron chi connectivity index (χ4n) is 4.17. The number of aryl methyl sites for hydroxylation is 1. The normalized spacial score (nSPS) is 20.1. The van der Waals surface area contributed by atoms with Crippen LogP contribution in [0.4, 0.5) is 0 Å². The molecule has 158 valence electrons. The van der Waals surface area contributed by atoms with E-state index in [2.05, 4.69) is 10.1 Å². The Balaban J connectivity index is 1.23. The molecule has 4 rings (SSSR count). The smallest absolute Gasteiger partial charge is 0.226 e. The minimum absolute atomic E-state index is 0.0788. The van der Waals surface area contributed by atoms with Crippen molar-refractivity contribution < 1.29 is 17.7 Å². The largest absolute Gasteiger partial charge is 0.381 e. The predicted octanol–water partition coefficient (Wildman–Crippen LogP) is 3.14. The molecule has 0 radical (unpaired) electrons. The molecule has 0 unspecified atom stereocenters. The Morgan fingerprint density at radius 2 is 1.76 bits per heavy atom. The van der Waals surface area contributed by atoms with Gasteiger partial charge in [-0.1, -0.05) is 35.5 Å². The van der Waals surface area contributed by atoms with Crippen LogP contribution in [0.1, 0.15) is 55.3 Å². The summed E-state index contributed by atoms with van der Waals surface area (Å²) in [5.74, 6) is 2.43. The lowest BCUT2D eigenvalue weighted by molar-refractivity contribution is 0.0830. The van der Waals surface area contributed by atoms with Crippen molar-refractivity contribution in [2.45, 2.75) is 50.2 Å². The maximum absolute atomic E-state index is 12.7. The number of sulfonamides is 1. The molecule has 2 fully saturated rings. The van der Waals surface area contributed by atoms with Gasteiger partial charge in [0.05, 0.1) is 5.75 Å². The first-order chi connectivity index (χ1) is 14.1. The Bertz CT molecular complexity index is 870. The highest BCUT2D eigenvalue weighted by molar-refractivity contribution is 7.88. The van der Waals surface area contributed by atoms with E-state index in [4.69, 9.17) is 9.26 Å².